The Bertz CT molecular complexity index is 184. The van der Waals surface area contributed by atoms with Crippen LogP contribution in [0.25, 0.3) is 0 Å². The summed E-state index contributed by atoms with van der Waals surface area (Å²) < 4.78 is 24.7. The Hall–Kier alpha value is -0.700. The number of hydrogen-bond donors (Lipinski definition) is 1. The molecule has 0 saturated carbocycles. The molecule has 0 saturated heterocycles. The first-order chi connectivity index (χ1) is 4.74. The van der Waals surface area contributed by atoms with Crippen LogP contribution in [0, 0.1) is 5.92 Å². The van der Waals surface area contributed by atoms with Crippen molar-refractivity contribution in [1.82, 2.24) is 0 Å². The topological polar surface area (TPSA) is 26.0 Å². The van der Waals surface area contributed by atoms with Crippen molar-refractivity contribution in [2.75, 3.05) is 6.54 Å². The van der Waals surface area contributed by atoms with Gasteiger partial charge in [-0.2, -0.15) is 0 Å². The molecule has 0 aromatic carbocycles. The average molecular weight is 145 g/mol. The highest BCUT2D eigenvalue weighted by molar-refractivity contribution is 5.21. The van der Waals surface area contributed by atoms with E-state index in [-0.39, 0.29) is 12.3 Å². The van der Waals surface area contributed by atoms with Gasteiger partial charge in [0.1, 0.15) is 5.83 Å². The van der Waals surface area contributed by atoms with Gasteiger partial charge in [0, 0.05) is 6.42 Å². The van der Waals surface area contributed by atoms with Gasteiger partial charge >= 0.3 is 0 Å². The SMILES string of the molecule is NCC1C=CC(F)=C(F)C1. The minimum Gasteiger partial charge on any atom is -0.330 e. The molecule has 0 aromatic heterocycles. The van der Waals surface area contributed by atoms with E-state index < -0.39 is 11.7 Å². The molecule has 2 N–H and O–H groups in total. The molecule has 1 unspecified atom stereocenters. The third-order valence-electron chi connectivity index (χ3n) is 1.52. The molecule has 10 heavy (non-hydrogen) atoms. The van der Waals surface area contributed by atoms with E-state index in [1.54, 1.807) is 6.08 Å². The summed E-state index contributed by atoms with van der Waals surface area (Å²) in [5, 5.41) is 0. The van der Waals surface area contributed by atoms with Gasteiger partial charge in [0.25, 0.3) is 0 Å². The lowest BCUT2D eigenvalue weighted by Crippen LogP contribution is -2.14. The number of rotatable bonds is 1. The molecule has 0 heterocycles. The van der Waals surface area contributed by atoms with Gasteiger partial charge in [0.05, 0.1) is 0 Å². The van der Waals surface area contributed by atoms with Gasteiger partial charge in [0.2, 0.25) is 0 Å². The predicted octanol–water partition coefficient (Wildman–Crippen LogP) is 1.67. The minimum absolute atomic E-state index is 0.0282. The maximum atomic E-state index is 12.4. The summed E-state index contributed by atoms with van der Waals surface area (Å²) in [7, 11) is 0. The van der Waals surface area contributed by atoms with Gasteiger partial charge in [-0.05, 0) is 18.5 Å². The molecule has 0 fully saturated rings. The molecule has 1 atom stereocenters. The molecule has 1 nitrogen and oxygen atoms in total. The molecule has 0 radical (unpaired) electrons. The number of hydrogen-bond acceptors (Lipinski definition) is 1. The Morgan fingerprint density at radius 2 is 2.30 bits per heavy atom. The maximum absolute atomic E-state index is 12.4. The van der Waals surface area contributed by atoms with E-state index in [2.05, 4.69) is 0 Å². The Kier molecular flexibility index (Phi) is 2.17. The van der Waals surface area contributed by atoms with E-state index in [9.17, 15) is 8.78 Å². The molecule has 0 aliphatic heterocycles. The second-order valence-corrected chi connectivity index (χ2v) is 2.31. The molecule has 0 aromatic rings. The van der Waals surface area contributed by atoms with Crippen molar-refractivity contribution in [2.24, 2.45) is 11.7 Å². The molecule has 0 spiro atoms. The first-order valence-electron chi connectivity index (χ1n) is 3.16. The summed E-state index contributed by atoms with van der Waals surface area (Å²) in [6, 6.07) is 0. The van der Waals surface area contributed by atoms with Crippen molar-refractivity contribution >= 4 is 0 Å². The van der Waals surface area contributed by atoms with Crippen molar-refractivity contribution in [3.63, 3.8) is 0 Å². The van der Waals surface area contributed by atoms with E-state index in [0.29, 0.717) is 6.54 Å². The number of nitrogens with two attached hydrogens (primary N) is 1. The monoisotopic (exact) mass is 145 g/mol. The Morgan fingerprint density at radius 3 is 2.80 bits per heavy atom. The molecule has 1 aliphatic carbocycles. The zero-order valence-electron chi connectivity index (χ0n) is 5.48. The predicted molar refractivity (Wildman–Crippen MR) is 35.5 cm³/mol. The lowest BCUT2D eigenvalue weighted by atomic mass is 10.00. The van der Waals surface area contributed by atoms with Crippen molar-refractivity contribution in [3.05, 3.63) is 23.8 Å². The third kappa shape index (κ3) is 1.42. The molecule has 1 rings (SSSR count). The largest absolute Gasteiger partial charge is 0.330 e. The summed E-state index contributed by atoms with van der Waals surface area (Å²) in [5.74, 6) is -1.47. The molecule has 0 amide bonds. The first-order valence-corrected chi connectivity index (χ1v) is 3.16. The normalized spacial score (nSPS) is 25.7. The zero-order valence-corrected chi connectivity index (χ0v) is 5.48. The van der Waals surface area contributed by atoms with E-state index in [1.165, 1.54) is 0 Å². The molecule has 56 valence electrons. The molecular formula is C7H9F2N. The van der Waals surface area contributed by atoms with E-state index >= 15 is 0 Å². The lowest BCUT2D eigenvalue weighted by Gasteiger charge is -2.11. The highest BCUT2D eigenvalue weighted by Crippen LogP contribution is 2.24. The maximum Gasteiger partial charge on any atom is 0.154 e. The molecule has 1 aliphatic rings. The highest BCUT2D eigenvalue weighted by atomic mass is 19.2. The Labute approximate surface area is 58.2 Å². The molecule has 3 heteroatoms. The smallest absolute Gasteiger partial charge is 0.154 e. The van der Waals surface area contributed by atoms with Crippen molar-refractivity contribution in [3.8, 4) is 0 Å². The van der Waals surface area contributed by atoms with Gasteiger partial charge in [-0.25, -0.2) is 8.78 Å². The number of allylic oxidation sites excluding steroid dienone is 3. The molecule has 0 bridgehead atoms. The average Bonchev–Trinajstić information content (AvgIpc) is 1.95. The second kappa shape index (κ2) is 2.92. The van der Waals surface area contributed by atoms with Crippen molar-refractivity contribution in [2.45, 2.75) is 6.42 Å². The summed E-state index contributed by atoms with van der Waals surface area (Å²) in [6.45, 7) is 0.372. The Morgan fingerprint density at radius 1 is 1.60 bits per heavy atom. The summed E-state index contributed by atoms with van der Waals surface area (Å²) >= 11 is 0. The third-order valence-corrected chi connectivity index (χ3v) is 1.52. The lowest BCUT2D eigenvalue weighted by molar-refractivity contribution is 0.470. The van der Waals surface area contributed by atoms with E-state index in [0.717, 1.165) is 6.08 Å². The zero-order chi connectivity index (χ0) is 7.56. The van der Waals surface area contributed by atoms with Gasteiger partial charge < -0.3 is 5.73 Å². The van der Waals surface area contributed by atoms with Gasteiger partial charge in [0.15, 0.2) is 5.83 Å². The van der Waals surface area contributed by atoms with Crippen LogP contribution in [0.3, 0.4) is 0 Å². The summed E-state index contributed by atoms with van der Waals surface area (Å²) in [6.07, 6.45) is 2.84. The first kappa shape index (κ1) is 7.41. The van der Waals surface area contributed by atoms with Crippen LogP contribution in [-0.4, -0.2) is 6.54 Å². The fraction of sp³-hybridized carbons (Fsp3) is 0.429. The minimum atomic E-state index is -0.760. The summed E-state index contributed by atoms with van der Waals surface area (Å²) in [5.41, 5.74) is 5.25. The van der Waals surface area contributed by atoms with Crippen LogP contribution in [0.4, 0.5) is 8.78 Å². The fourth-order valence-electron chi connectivity index (χ4n) is 0.869. The van der Waals surface area contributed by atoms with Gasteiger partial charge in [-0.3, -0.25) is 0 Å². The van der Waals surface area contributed by atoms with Crippen LogP contribution in [0.2, 0.25) is 0 Å². The van der Waals surface area contributed by atoms with Crippen molar-refractivity contribution in [1.29, 1.82) is 0 Å². The van der Waals surface area contributed by atoms with Crippen LogP contribution in [0.5, 0.6) is 0 Å². The fourth-order valence-corrected chi connectivity index (χ4v) is 0.869. The van der Waals surface area contributed by atoms with E-state index in [4.69, 9.17) is 5.73 Å². The number of halogens is 2. The standard InChI is InChI=1S/C7H9F2N/c8-6-2-1-5(4-10)3-7(6)9/h1-2,5H,3-4,10H2. The van der Waals surface area contributed by atoms with E-state index in [1.807, 2.05) is 0 Å². The van der Waals surface area contributed by atoms with Crippen molar-refractivity contribution < 1.29 is 8.78 Å². The van der Waals surface area contributed by atoms with Crippen LogP contribution in [0.1, 0.15) is 6.42 Å². The van der Waals surface area contributed by atoms with Crippen LogP contribution >= 0.6 is 0 Å². The summed E-state index contributed by atoms with van der Waals surface area (Å²) in [4.78, 5) is 0. The quantitative estimate of drug-likeness (QED) is 0.596. The van der Waals surface area contributed by atoms with Crippen LogP contribution in [0.15, 0.2) is 23.8 Å². The van der Waals surface area contributed by atoms with Crippen LogP contribution in [-0.2, 0) is 0 Å². The van der Waals surface area contributed by atoms with Gasteiger partial charge in [-0.15, -0.1) is 0 Å². The van der Waals surface area contributed by atoms with Crippen LogP contribution < -0.4 is 5.73 Å². The van der Waals surface area contributed by atoms with Gasteiger partial charge in [-0.1, -0.05) is 6.08 Å². The highest BCUT2D eigenvalue weighted by Gasteiger charge is 2.14. The second-order valence-electron chi connectivity index (χ2n) is 2.31. The molecular weight excluding hydrogens is 136 g/mol. The Balaban J connectivity index is 2.65.